The molecule has 1 aliphatic heterocycles. The van der Waals surface area contributed by atoms with E-state index in [4.69, 9.17) is 4.74 Å². The van der Waals surface area contributed by atoms with Crippen molar-refractivity contribution in [2.24, 2.45) is 0 Å². The minimum Gasteiger partial charge on any atom is -0.379 e. The predicted molar refractivity (Wildman–Crippen MR) is 69.0 cm³/mol. The van der Waals surface area contributed by atoms with Crippen LogP contribution in [0.25, 0.3) is 0 Å². The zero-order chi connectivity index (χ0) is 13.3. The summed E-state index contributed by atoms with van der Waals surface area (Å²) in [6.45, 7) is 13.3. The summed E-state index contributed by atoms with van der Waals surface area (Å²) in [5.74, 6) is 0.173. The molecule has 1 fully saturated rings. The monoisotopic (exact) mass is 242 g/mol. The maximum absolute atomic E-state index is 12.6. The normalized spacial score (nSPS) is 19.2. The maximum atomic E-state index is 12.6. The Morgan fingerprint density at radius 1 is 1.12 bits per heavy atom. The number of morpholine rings is 1. The molecular weight excluding hydrogens is 216 g/mol. The van der Waals surface area contributed by atoms with Crippen LogP contribution in [0.5, 0.6) is 0 Å². The minimum atomic E-state index is -0.453. The molecule has 0 atom stereocenters. The number of carbonyl (C=O) groups excluding carboxylic acids is 1. The van der Waals surface area contributed by atoms with E-state index in [1.807, 2.05) is 25.8 Å². The smallest absolute Gasteiger partial charge is 0.242 e. The summed E-state index contributed by atoms with van der Waals surface area (Å²) in [4.78, 5) is 16.6. The fraction of sp³-hybridized carbons (Fsp3) is 0.923. The van der Waals surface area contributed by atoms with Crippen LogP contribution in [0, 0.1) is 0 Å². The molecule has 1 amide bonds. The lowest BCUT2D eigenvalue weighted by molar-refractivity contribution is -0.148. The van der Waals surface area contributed by atoms with Crippen molar-refractivity contribution in [1.82, 2.24) is 9.80 Å². The minimum absolute atomic E-state index is 0.138. The summed E-state index contributed by atoms with van der Waals surface area (Å²) in [6, 6.07) is 0. The molecule has 1 rings (SSSR count). The van der Waals surface area contributed by atoms with Gasteiger partial charge in [0.1, 0.15) is 0 Å². The number of rotatable bonds is 2. The molecule has 1 saturated heterocycles. The van der Waals surface area contributed by atoms with Gasteiger partial charge in [-0.1, -0.05) is 0 Å². The van der Waals surface area contributed by atoms with E-state index >= 15 is 0 Å². The van der Waals surface area contributed by atoms with Crippen molar-refractivity contribution in [3.8, 4) is 0 Å². The lowest BCUT2D eigenvalue weighted by atomic mass is 9.96. The van der Waals surface area contributed by atoms with E-state index in [1.165, 1.54) is 0 Å². The van der Waals surface area contributed by atoms with Gasteiger partial charge in [-0.25, -0.2) is 0 Å². The number of hydrogen-bond donors (Lipinski definition) is 0. The van der Waals surface area contributed by atoms with Gasteiger partial charge in [-0.2, -0.15) is 0 Å². The Bertz CT molecular complexity index is 276. The fourth-order valence-electron chi connectivity index (χ4n) is 1.97. The zero-order valence-corrected chi connectivity index (χ0v) is 12.0. The van der Waals surface area contributed by atoms with Crippen molar-refractivity contribution in [3.63, 3.8) is 0 Å². The molecule has 0 radical (unpaired) electrons. The average Bonchev–Trinajstić information content (AvgIpc) is 2.27. The molecule has 0 unspecified atom stereocenters. The van der Waals surface area contributed by atoms with Crippen LogP contribution >= 0.6 is 0 Å². The number of ether oxygens (including phenoxy) is 1. The summed E-state index contributed by atoms with van der Waals surface area (Å²) < 4.78 is 5.34. The van der Waals surface area contributed by atoms with Crippen LogP contribution in [-0.4, -0.2) is 60.1 Å². The van der Waals surface area contributed by atoms with Crippen molar-refractivity contribution >= 4 is 5.91 Å². The quantitative estimate of drug-likeness (QED) is 0.733. The Kier molecular flexibility index (Phi) is 4.20. The molecule has 4 heteroatoms. The van der Waals surface area contributed by atoms with Crippen LogP contribution in [0.2, 0.25) is 0 Å². The summed E-state index contributed by atoms with van der Waals surface area (Å²) in [6.07, 6.45) is 0. The molecule has 0 aromatic rings. The average molecular weight is 242 g/mol. The SMILES string of the molecule is CN(C(=O)C(C)(C)N1CCOCC1)C(C)(C)C. The summed E-state index contributed by atoms with van der Waals surface area (Å²) >= 11 is 0. The Balaban J connectivity index is 2.78. The number of amides is 1. The first-order chi connectivity index (χ1) is 7.67. The standard InChI is InChI=1S/C13H26N2O2/c1-12(2,3)14(6)11(16)13(4,5)15-7-9-17-10-8-15/h7-10H2,1-6H3. The first kappa shape index (κ1) is 14.5. The van der Waals surface area contributed by atoms with E-state index in [2.05, 4.69) is 25.7 Å². The second kappa shape index (κ2) is 4.94. The van der Waals surface area contributed by atoms with Crippen LogP contribution < -0.4 is 0 Å². The third-order valence-electron chi connectivity index (χ3n) is 3.64. The third-order valence-corrected chi connectivity index (χ3v) is 3.64. The van der Waals surface area contributed by atoms with E-state index in [0.717, 1.165) is 26.3 Å². The van der Waals surface area contributed by atoms with Crippen LogP contribution in [-0.2, 0) is 9.53 Å². The van der Waals surface area contributed by atoms with Crippen molar-refractivity contribution in [2.45, 2.75) is 45.7 Å². The van der Waals surface area contributed by atoms with Gasteiger partial charge in [0.25, 0.3) is 0 Å². The molecule has 0 aliphatic carbocycles. The number of likely N-dealkylation sites (N-methyl/N-ethyl adjacent to an activating group) is 1. The molecule has 100 valence electrons. The predicted octanol–water partition coefficient (Wildman–Crippen LogP) is 1.35. The van der Waals surface area contributed by atoms with E-state index in [-0.39, 0.29) is 11.4 Å². The second-order valence-electron chi connectivity index (χ2n) is 6.19. The maximum Gasteiger partial charge on any atom is 0.242 e. The van der Waals surface area contributed by atoms with Crippen molar-refractivity contribution in [2.75, 3.05) is 33.4 Å². The molecule has 1 heterocycles. The van der Waals surface area contributed by atoms with E-state index in [1.54, 1.807) is 0 Å². The van der Waals surface area contributed by atoms with Crippen LogP contribution in [0.4, 0.5) is 0 Å². The molecule has 0 spiro atoms. The summed E-state index contributed by atoms with van der Waals surface area (Å²) in [5, 5.41) is 0. The van der Waals surface area contributed by atoms with Gasteiger partial charge < -0.3 is 9.64 Å². The Hall–Kier alpha value is -0.610. The largest absolute Gasteiger partial charge is 0.379 e. The molecular formula is C13H26N2O2. The van der Waals surface area contributed by atoms with Crippen LogP contribution in [0.3, 0.4) is 0 Å². The first-order valence-electron chi connectivity index (χ1n) is 6.28. The number of carbonyl (C=O) groups is 1. The van der Waals surface area contributed by atoms with E-state index < -0.39 is 5.54 Å². The lowest BCUT2D eigenvalue weighted by Gasteiger charge is -2.44. The van der Waals surface area contributed by atoms with Gasteiger partial charge in [0, 0.05) is 25.7 Å². The van der Waals surface area contributed by atoms with Gasteiger partial charge >= 0.3 is 0 Å². The molecule has 0 aromatic carbocycles. The topological polar surface area (TPSA) is 32.8 Å². The molecule has 0 N–H and O–H groups in total. The molecule has 1 aliphatic rings. The van der Waals surface area contributed by atoms with Crippen molar-refractivity contribution in [1.29, 1.82) is 0 Å². The molecule has 17 heavy (non-hydrogen) atoms. The van der Waals surface area contributed by atoms with E-state index in [9.17, 15) is 4.79 Å². The number of nitrogens with zero attached hydrogens (tertiary/aromatic N) is 2. The van der Waals surface area contributed by atoms with Crippen LogP contribution in [0.1, 0.15) is 34.6 Å². The Morgan fingerprint density at radius 2 is 1.59 bits per heavy atom. The highest BCUT2D eigenvalue weighted by Gasteiger charge is 2.39. The number of hydrogen-bond acceptors (Lipinski definition) is 3. The Morgan fingerprint density at radius 3 is 2.00 bits per heavy atom. The highest BCUT2D eigenvalue weighted by molar-refractivity contribution is 5.85. The van der Waals surface area contributed by atoms with Gasteiger partial charge in [0.05, 0.1) is 18.8 Å². The lowest BCUT2D eigenvalue weighted by Crippen LogP contribution is -2.61. The summed E-state index contributed by atoms with van der Waals surface area (Å²) in [5.41, 5.74) is -0.591. The van der Waals surface area contributed by atoms with Gasteiger partial charge in [0.15, 0.2) is 0 Å². The fourth-order valence-corrected chi connectivity index (χ4v) is 1.97. The van der Waals surface area contributed by atoms with Gasteiger partial charge in [-0.3, -0.25) is 9.69 Å². The van der Waals surface area contributed by atoms with E-state index in [0.29, 0.717) is 0 Å². The highest BCUT2D eigenvalue weighted by Crippen LogP contribution is 2.22. The summed E-state index contributed by atoms with van der Waals surface area (Å²) in [7, 11) is 1.88. The Labute approximate surface area is 105 Å². The van der Waals surface area contributed by atoms with Gasteiger partial charge in [-0.15, -0.1) is 0 Å². The van der Waals surface area contributed by atoms with Crippen molar-refractivity contribution in [3.05, 3.63) is 0 Å². The highest BCUT2D eigenvalue weighted by atomic mass is 16.5. The first-order valence-corrected chi connectivity index (χ1v) is 6.28. The van der Waals surface area contributed by atoms with Crippen LogP contribution in [0.15, 0.2) is 0 Å². The van der Waals surface area contributed by atoms with Gasteiger partial charge in [-0.05, 0) is 34.6 Å². The van der Waals surface area contributed by atoms with Crippen molar-refractivity contribution < 1.29 is 9.53 Å². The molecule has 0 aromatic heterocycles. The molecule has 4 nitrogen and oxygen atoms in total. The zero-order valence-electron chi connectivity index (χ0n) is 12.0. The molecule has 0 saturated carbocycles. The second-order valence-corrected chi connectivity index (χ2v) is 6.19. The third kappa shape index (κ3) is 3.19. The van der Waals surface area contributed by atoms with Gasteiger partial charge in [0.2, 0.25) is 5.91 Å². The molecule has 0 bridgehead atoms.